The summed E-state index contributed by atoms with van der Waals surface area (Å²) in [4.78, 5) is 14.7. The Labute approximate surface area is 140 Å². The Morgan fingerprint density at radius 1 is 1.33 bits per heavy atom. The maximum Gasteiger partial charge on any atom is 0.256 e. The molecule has 5 nitrogen and oxygen atoms in total. The number of aliphatic hydroxyl groups is 1. The van der Waals surface area contributed by atoms with E-state index >= 15 is 0 Å². The highest BCUT2D eigenvalue weighted by Gasteiger charge is 2.36. The van der Waals surface area contributed by atoms with Crippen molar-refractivity contribution < 1.29 is 14.3 Å². The largest absolute Gasteiger partial charge is 0.391 e. The Morgan fingerprint density at radius 2 is 2.04 bits per heavy atom. The minimum atomic E-state index is -0.593. The minimum Gasteiger partial charge on any atom is -0.391 e. The Hall–Kier alpha value is -2.34. The van der Waals surface area contributed by atoms with Gasteiger partial charge in [0.25, 0.3) is 5.91 Å². The molecule has 3 rings (SSSR count). The standard InChI is InChI=1S/C18H20FN3O2/c1-3-16-15(8-11(2)20-21-16)18(24)22-10-14(23)9-17(22)12-4-6-13(19)7-5-12/h4-8,14,17,23H,3,9-10H2,1-2H3. The van der Waals surface area contributed by atoms with E-state index in [0.29, 0.717) is 29.8 Å². The average Bonchev–Trinajstić information content (AvgIpc) is 2.96. The molecular weight excluding hydrogens is 309 g/mol. The van der Waals surface area contributed by atoms with Crippen molar-refractivity contribution in [3.63, 3.8) is 0 Å². The van der Waals surface area contributed by atoms with E-state index in [1.165, 1.54) is 12.1 Å². The number of carbonyl (C=O) groups excluding carboxylic acids is 1. The summed E-state index contributed by atoms with van der Waals surface area (Å²) in [5, 5.41) is 18.2. The number of rotatable bonds is 3. The van der Waals surface area contributed by atoms with Crippen LogP contribution in [0.5, 0.6) is 0 Å². The molecule has 1 N–H and O–H groups in total. The molecule has 0 aliphatic carbocycles. The Morgan fingerprint density at radius 3 is 2.71 bits per heavy atom. The van der Waals surface area contributed by atoms with E-state index in [2.05, 4.69) is 10.2 Å². The average molecular weight is 329 g/mol. The molecule has 2 atom stereocenters. The molecule has 1 aliphatic rings. The van der Waals surface area contributed by atoms with Gasteiger partial charge in [-0.3, -0.25) is 4.79 Å². The van der Waals surface area contributed by atoms with Gasteiger partial charge in [0.15, 0.2) is 0 Å². The maximum absolute atomic E-state index is 13.2. The molecule has 1 aromatic heterocycles. The second-order valence-corrected chi connectivity index (χ2v) is 6.11. The summed E-state index contributed by atoms with van der Waals surface area (Å²) in [6, 6.07) is 7.53. The highest BCUT2D eigenvalue weighted by molar-refractivity contribution is 5.95. The molecule has 1 saturated heterocycles. The third kappa shape index (κ3) is 3.14. The second-order valence-electron chi connectivity index (χ2n) is 6.11. The van der Waals surface area contributed by atoms with Crippen LogP contribution in [0.25, 0.3) is 0 Å². The van der Waals surface area contributed by atoms with Crippen molar-refractivity contribution in [3.05, 3.63) is 58.7 Å². The summed E-state index contributed by atoms with van der Waals surface area (Å²) >= 11 is 0. The SMILES string of the molecule is CCc1nnc(C)cc1C(=O)N1CC(O)CC1c1ccc(F)cc1. The number of benzene rings is 1. The van der Waals surface area contributed by atoms with E-state index in [4.69, 9.17) is 0 Å². The number of β-amino-alcohol motifs (C(OH)–C–C–N with tert-alkyl or cyclic N) is 1. The van der Waals surface area contributed by atoms with Crippen LogP contribution in [0.1, 0.15) is 46.7 Å². The van der Waals surface area contributed by atoms with Crippen molar-refractivity contribution in [1.82, 2.24) is 15.1 Å². The van der Waals surface area contributed by atoms with Crippen LogP contribution in [0.4, 0.5) is 4.39 Å². The molecular formula is C18H20FN3O2. The van der Waals surface area contributed by atoms with Crippen molar-refractivity contribution in [2.45, 2.75) is 38.8 Å². The van der Waals surface area contributed by atoms with Gasteiger partial charge in [0.1, 0.15) is 5.82 Å². The fourth-order valence-electron chi connectivity index (χ4n) is 3.15. The van der Waals surface area contributed by atoms with E-state index in [1.54, 1.807) is 30.0 Å². The van der Waals surface area contributed by atoms with Crippen LogP contribution in [-0.2, 0) is 6.42 Å². The first-order valence-corrected chi connectivity index (χ1v) is 8.07. The number of hydrogen-bond donors (Lipinski definition) is 1. The van der Waals surface area contributed by atoms with Gasteiger partial charge >= 0.3 is 0 Å². The van der Waals surface area contributed by atoms with Gasteiger partial charge in [-0.1, -0.05) is 19.1 Å². The Bertz CT molecular complexity index is 748. The predicted octanol–water partition coefficient (Wildman–Crippen LogP) is 2.43. The molecule has 1 aromatic carbocycles. The summed E-state index contributed by atoms with van der Waals surface area (Å²) < 4.78 is 13.2. The van der Waals surface area contributed by atoms with Gasteiger partial charge < -0.3 is 10.0 Å². The lowest BCUT2D eigenvalue weighted by Gasteiger charge is -2.25. The Balaban J connectivity index is 1.95. The van der Waals surface area contributed by atoms with Crippen molar-refractivity contribution >= 4 is 5.91 Å². The van der Waals surface area contributed by atoms with Crippen LogP contribution < -0.4 is 0 Å². The molecule has 1 aliphatic heterocycles. The van der Waals surface area contributed by atoms with E-state index in [9.17, 15) is 14.3 Å². The van der Waals surface area contributed by atoms with E-state index in [1.807, 2.05) is 6.92 Å². The molecule has 2 aromatic rings. The van der Waals surface area contributed by atoms with E-state index < -0.39 is 6.10 Å². The minimum absolute atomic E-state index is 0.171. The molecule has 2 heterocycles. The maximum atomic E-state index is 13.2. The number of likely N-dealkylation sites (tertiary alicyclic amines) is 1. The summed E-state index contributed by atoms with van der Waals surface area (Å²) in [6.07, 6.45) is 0.451. The number of nitrogens with zero attached hydrogens (tertiary/aromatic N) is 3. The highest BCUT2D eigenvalue weighted by Crippen LogP contribution is 2.33. The van der Waals surface area contributed by atoms with Crippen LogP contribution in [-0.4, -0.2) is 38.8 Å². The monoisotopic (exact) mass is 329 g/mol. The summed E-state index contributed by atoms with van der Waals surface area (Å²) in [7, 11) is 0. The van der Waals surface area contributed by atoms with Crippen molar-refractivity contribution in [2.24, 2.45) is 0 Å². The number of aliphatic hydroxyl groups excluding tert-OH is 1. The highest BCUT2D eigenvalue weighted by atomic mass is 19.1. The molecule has 0 saturated carbocycles. The molecule has 1 fully saturated rings. The first kappa shape index (κ1) is 16.5. The molecule has 0 radical (unpaired) electrons. The zero-order chi connectivity index (χ0) is 17.3. The third-order valence-electron chi connectivity index (χ3n) is 4.35. The third-order valence-corrected chi connectivity index (χ3v) is 4.35. The molecule has 1 amide bonds. The van der Waals surface area contributed by atoms with Crippen molar-refractivity contribution in [1.29, 1.82) is 0 Å². The predicted molar refractivity (Wildman–Crippen MR) is 86.9 cm³/mol. The normalized spacial score (nSPS) is 20.4. The number of aromatic nitrogens is 2. The lowest BCUT2D eigenvalue weighted by Crippen LogP contribution is -2.32. The zero-order valence-electron chi connectivity index (χ0n) is 13.7. The van der Waals surface area contributed by atoms with Gasteiger partial charge in [-0.2, -0.15) is 10.2 Å². The first-order chi connectivity index (χ1) is 11.5. The number of carbonyl (C=O) groups is 1. The number of aryl methyl sites for hydroxylation is 2. The van der Waals surface area contributed by atoms with E-state index in [0.717, 1.165) is 5.56 Å². The fraction of sp³-hybridized carbons (Fsp3) is 0.389. The summed E-state index contributed by atoms with van der Waals surface area (Å²) in [5.41, 5.74) is 2.66. The molecule has 2 unspecified atom stereocenters. The van der Waals surface area contributed by atoms with E-state index in [-0.39, 0.29) is 24.3 Å². The zero-order valence-corrected chi connectivity index (χ0v) is 13.7. The van der Waals surface area contributed by atoms with Gasteiger partial charge in [0, 0.05) is 6.54 Å². The fourth-order valence-corrected chi connectivity index (χ4v) is 3.15. The lowest BCUT2D eigenvalue weighted by atomic mass is 10.0. The lowest BCUT2D eigenvalue weighted by molar-refractivity contribution is 0.0713. The van der Waals surface area contributed by atoms with Gasteiger partial charge in [0.2, 0.25) is 0 Å². The van der Waals surface area contributed by atoms with Crippen LogP contribution >= 0.6 is 0 Å². The van der Waals surface area contributed by atoms with Crippen LogP contribution in [0.3, 0.4) is 0 Å². The van der Waals surface area contributed by atoms with Gasteiger partial charge in [0.05, 0.1) is 29.1 Å². The summed E-state index contributed by atoms with van der Waals surface area (Å²) in [5.74, 6) is -0.492. The second kappa shape index (κ2) is 6.65. The molecule has 6 heteroatoms. The van der Waals surface area contributed by atoms with Gasteiger partial charge in [-0.25, -0.2) is 4.39 Å². The first-order valence-electron chi connectivity index (χ1n) is 8.07. The molecule has 0 bridgehead atoms. The van der Waals surface area contributed by atoms with Crippen molar-refractivity contribution in [3.8, 4) is 0 Å². The van der Waals surface area contributed by atoms with Gasteiger partial charge in [-0.15, -0.1) is 0 Å². The smallest absolute Gasteiger partial charge is 0.256 e. The summed E-state index contributed by atoms with van der Waals surface area (Å²) in [6.45, 7) is 3.97. The number of hydrogen-bond acceptors (Lipinski definition) is 4. The topological polar surface area (TPSA) is 66.3 Å². The Kier molecular flexibility index (Phi) is 4.57. The molecule has 0 spiro atoms. The van der Waals surface area contributed by atoms with Gasteiger partial charge in [-0.05, 0) is 43.5 Å². The molecule has 126 valence electrons. The molecule has 24 heavy (non-hydrogen) atoms. The van der Waals surface area contributed by atoms with Crippen LogP contribution in [0, 0.1) is 12.7 Å². The quantitative estimate of drug-likeness (QED) is 0.939. The van der Waals surface area contributed by atoms with Crippen molar-refractivity contribution in [2.75, 3.05) is 6.54 Å². The number of amides is 1. The van der Waals surface area contributed by atoms with Crippen LogP contribution in [0.2, 0.25) is 0 Å². The van der Waals surface area contributed by atoms with Crippen LogP contribution in [0.15, 0.2) is 30.3 Å². The number of halogens is 1.